The molecule has 2 aliphatic heterocycles. The fourth-order valence-corrected chi connectivity index (χ4v) is 3.85. The molecule has 2 saturated heterocycles. The molecule has 22 heavy (non-hydrogen) atoms. The Bertz CT molecular complexity index is 511. The van der Waals surface area contributed by atoms with Crippen molar-refractivity contribution in [2.45, 2.75) is 64.5 Å². The van der Waals surface area contributed by atoms with E-state index in [0.717, 1.165) is 56.7 Å². The second kappa shape index (κ2) is 6.86. The molecule has 0 aliphatic carbocycles. The van der Waals surface area contributed by atoms with Gasteiger partial charge in [0.25, 0.3) is 0 Å². The van der Waals surface area contributed by atoms with E-state index in [0.29, 0.717) is 11.9 Å². The van der Waals surface area contributed by atoms with Gasteiger partial charge < -0.3 is 14.6 Å². The molecule has 2 aliphatic rings. The normalized spacial score (nSPS) is 29.5. The monoisotopic (exact) mass is 304 g/mol. The number of hydrogen-bond donors (Lipinski definition) is 1. The zero-order valence-electron chi connectivity index (χ0n) is 13.8. The van der Waals surface area contributed by atoms with Crippen LogP contribution >= 0.6 is 0 Å². The minimum absolute atomic E-state index is 0.145. The van der Waals surface area contributed by atoms with Crippen LogP contribution in [0.25, 0.3) is 0 Å². The van der Waals surface area contributed by atoms with Crippen LogP contribution in [0.4, 0.5) is 0 Å². The zero-order valence-corrected chi connectivity index (χ0v) is 13.8. The van der Waals surface area contributed by atoms with E-state index in [2.05, 4.69) is 36.2 Å². The molecule has 3 rings (SSSR count). The van der Waals surface area contributed by atoms with Crippen LogP contribution in [-0.4, -0.2) is 29.9 Å². The molecule has 0 radical (unpaired) electrons. The fourth-order valence-electron chi connectivity index (χ4n) is 3.85. The van der Waals surface area contributed by atoms with Gasteiger partial charge in [-0.25, -0.2) is 0 Å². The first-order valence-electron chi connectivity index (χ1n) is 8.81. The summed E-state index contributed by atoms with van der Waals surface area (Å²) in [6.45, 7) is 6.11. The molecular weight excluding hydrogens is 276 g/mol. The number of furan rings is 1. The zero-order chi connectivity index (χ0) is 15.5. The molecule has 4 heteroatoms. The molecule has 3 heterocycles. The number of amides is 1. The highest BCUT2D eigenvalue weighted by molar-refractivity contribution is 5.79. The molecule has 0 spiro atoms. The van der Waals surface area contributed by atoms with Gasteiger partial charge in [-0.15, -0.1) is 0 Å². The van der Waals surface area contributed by atoms with Crippen molar-refractivity contribution in [2.75, 3.05) is 13.1 Å². The second-order valence-corrected chi connectivity index (χ2v) is 6.78. The van der Waals surface area contributed by atoms with Crippen LogP contribution in [0.3, 0.4) is 0 Å². The second-order valence-electron chi connectivity index (χ2n) is 6.78. The first-order chi connectivity index (χ1) is 10.7. The maximum atomic E-state index is 13.0. The Morgan fingerprint density at radius 1 is 1.36 bits per heavy atom. The molecule has 3 atom stereocenters. The average Bonchev–Trinajstić information content (AvgIpc) is 3.03. The Morgan fingerprint density at radius 3 is 2.95 bits per heavy atom. The van der Waals surface area contributed by atoms with Crippen LogP contribution in [0, 0.1) is 5.92 Å². The number of aryl methyl sites for hydroxylation is 1. The van der Waals surface area contributed by atoms with Crippen LogP contribution in [0.1, 0.15) is 63.5 Å². The van der Waals surface area contributed by atoms with Gasteiger partial charge >= 0.3 is 0 Å². The van der Waals surface area contributed by atoms with Gasteiger partial charge in [-0.3, -0.25) is 4.79 Å². The molecule has 122 valence electrons. The number of carbonyl (C=O) groups is 1. The van der Waals surface area contributed by atoms with Crippen molar-refractivity contribution in [3.8, 4) is 0 Å². The number of piperidine rings is 2. The third-order valence-electron chi connectivity index (χ3n) is 5.12. The molecule has 1 amide bonds. The standard InChI is InChI=1S/C18H28N2O2/c1-3-15-7-8-17(22-15)16-6-4-5-11-20(16)18(21)14-9-10-19-13(2)12-14/h7-8,13-14,16,19H,3-6,9-12H2,1-2H3/t13-,14-,16?/m0/s1. The summed E-state index contributed by atoms with van der Waals surface area (Å²) in [6.07, 6.45) is 6.16. The van der Waals surface area contributed by atoms with Gasteiger partial charge in [0, 0.05) is 24.9 Å². The first-order valence-corrected chi connectivity index (χ1v) is 8.81. The minimum Gasteiger partial charge on any atom is -0.464 e. The molecule has 1 unspecified atom stereocenters. The summed E-state index contributed by atoms with van der Waals surface area (Å²) < 4.78 is 5.95. The molecule has 0 bridgehead atoms. The fraction of sp³-hybridized carbons (Fsp3) is 0.722. The van der Waals surface area contributed by atoms with Crippen LogP contribution in [0.2, 0.25) is 0 Å². The lowest BCUT2D eigenvalue weighted by atomic mass is 9.90. The number of carbonyl (C=O) groups excluding carboxylic acids is 1. The van der Waals surface area contributed by atoms with E-state index in [1.165, 1.54) is 6.42 Å². The highest BCUT2D eigenvalue weighted by Crippen LogP contribution is 2.34. The Morgan fingerprint density at radius 2 is 2.23 bits per heavy atom. The summed E-state index contributed by atoms with van der Waals surface area (Å²) in [5, 5.41) is 3.43. The molecule has 1 N–H and O–H groups in total. The van der Waals surface area contributed by atoms with Crippen LogP contribution in [-0.2, 0) is 11.2 Å². The predicted molar refractivity (Wildman–Crippen MR) is 86.6 cm³/mol. The summed E-state index contributed by atoms with van der Waals surface area (Å²) in [5.74, 6) is 2.51. The number of nitrogens with one attached hydrogen (secondary N) is 1. The molecule has 0 aromatic carbocycles. The van der Waals surface area contributed by atoms with Crippen molar-refractivity contribution in [3.05, 3.63) is 23.7 Å². The van der Waals surface area contributed by atoms with Gasteiger partial charge in [0.05, 0.1) is 6.04 Å². The van der Waals surface area contributed by atoms with E-state index in [-0.39, 0.29) is 12.0 Å². The van der Waals surface area contributed by atoms with Gasteiger partial charge in [0.2, 0.25) is 5.91 Å². The van der Waals surface area contributed by atoms with Gasteiger partial charge in [-0.2, -0.15) is 0 Å². The Balaban J connectivity index is 1.75. The highest BCUT2D eigenvalue weighted by Gasteiger charge is 2.35. The average molecular weight is 304 g/mol. The maximum Gasteiger partial charge on any atom is 0.226 e. The van der Waals surface area contributed by atoms with E-state index >= 15 is 0 Å². The van der Waals surface area contributed by atoms with E-state index in [1.54, 1.807) is 0 Å². The maximum absolute atomic E-state index is 13.0. The quantitative estimate of drug-likeness (QED) is 0.932. The van der Waals surface area contributed by atoms with Crippen LogP contribution in [0.15, 0.2) is 16.5 Å². The Labute approximate surface area is 133 Å². The summed E-state index contributed by atoms with van der Waals surface area (Å²) >= 11 is 0. The third kappa shape index (κ3) is 3.22. The highest BCUT2D eigenvalue weighted by atomic mass is 16.3. The van der Waals surface area contributed by atoms with Crippen LogP contribution in [0.5, 0.6) is 0 Å². The topological polar surface area (TPSA) is 45.5 Å². The smallest absolute Gasteiger partial charge is 0.226 e. The minimum atomic E-state index is 0.145. The van der Waals surface area contributed by atoms with E-state index in [1.807, 2.05) is 0 Å². The molecule has 1 aromatic heterocycles. The van der Waals surface area contributed by atoms with Crippen molar-refractivity contribution in [2.24, 2.45) is 5.92 Å². The van der Waals surface area contributed by atoms with Crippen molar-refractivity contribution in [1.82, 2.24) is 10.2 Å². The van der Waals surface area contributed by atoms with Gasteiger partial charge in [-0.05, 0) is 57.7 Å². The number of rotatable bonds is 3. The summed E-state index contributed by atoms with van der Waals surface area (Å²) in [6, 6.07) is 4.72. The summed E-state index contributed by atoms with van der Waals surface area (Å²) in [7, 11) is 0. The number of nitrogens with zero attached hydrogens (tertiary/aromatic N) is 1. The van der Waals surface area contributed by atoms with Crippen molar-refractivity contribution in [3.63, 3.8) is 0 Å². The lowest BCUT2D eigenvalue weighted by Crippen LogP contribution is -2.46. The SMILES string of the molecule is CCc1ccc(C2CCCCN2C(=O)[C@H]2CCN[C@@H](C)C2)o1. The molecule has 2 fully saturated rings. The van der Waals surface area contributed by atoms with E-state index in [4.69, 9.17) is 4.42 Å². The van der Waals surface area contributed by atoms with Crippen molar-refractivity contribution >= 4 is 5.91 Å². The Kier molecular flexibility index (Phi) is 4.87. The number of likely N-dealkylation sites (tertiary alicyclic amines) is 1. The van der Waals surface area contributed by atoms with Gasteiger partial charge in [-0.1, -0.05) is 6.92 Å². The molecular formula is C18H28N2O2. The molecule has 0 saturated carbocycles. The molecule has 4 nitrogen and oxygen atoms in total. The molecule has 1 aromatic rings. The van der Waals surface area contributed by atoms with E-state index < -0.39 is 0 Å². The van der Waals surface area contributed by atoms with Gasteiger partial charge in [0.1, 0.15) is 11.5 Å². The van der Waals surface area contributed by atoms with Crippen molar-refractivity contribution < 1.29 is 9.21 Å². The van der Waals surface area contributed by atoms with Crippen LogP contribution < -0.4 is 5.32 Å². The lowest BCUT2D eigenvalue weighted by molar-refractivity contribution is -0.141. The summed E-state index contributed by atoms with van der Waals surface area (Å²) in [4.78, 5) is 15.1. The third-order valence-corrected chi connectivity index (χ3v) is 5.12. The number of hydrogen-bond acceptors (Lipinski definition) is 3. The van der Waals surface area contributed by atoms with Gasteiger partial charge in [0.15, 0.2) is 0 Å². The predicted octanol–water partition coefficient (Wildman–Crippen LogP) is 3.28. The Hall–Kier alpha value is -1.29. The summed E-state index contributed by atoms with van der Waals surface area (Å²) in [5.41, 5.74) is 0. The first kappa shape index (κ1) is 15.6. The lowest BCUT2D eigenvalue weighted by Gasteiger charge is -2.38. The largest absolute Gasteiger partial charge is 0.464 e. The van der Waals surface area contributed by atoms with Crippen molar-refractivity contribution in [1.29, 1.82) is 0 Å². The van der Waals surface area contributed by atoms with E-state index in [9.17, 15) is 4.79 Å².